The number of ether oxygens (including phenoxy) is 3. The monoisotopic (exact) mass is 382 g/mol. The molecule has 1 saturated heterocycles. The summed E-state index contributed by atoms with van der Waals surface area (Å²) < 4.78 is 16.6. The molecule has 4 bridgehead atoms. The molecule has 4 fully saturated rings. The number of hydrogen-bond acceptors (Lipinski definition) is 8. The molecule has 150 valence electrons. The van der Waals surface area contributed by atoms with Crippen LogP contribution in [0.25, 0.3) is 0 Å². The fourth-order valence-corrected chi connectivity index (χ4v) is 5.26. The molecule has 1 aliphatic heterocycles. The molecule has 8 nitrogen and oxygen atoms in total. The van der Waals surface area contributed by atoms with Gasteiger partial charge in [0.25, 0.3) is 0 Å². The second-order valence-electron chi connectivity index (χ2n) is 7.56. The molecule has 4 aliphatic rings. The first kappa shape index (κ1) is 19.8. The zero-order chi connectivity index (χ0) is 19.8. The largest absolute Gasteiger partial charge is 0.469 e. The predicted molar refractivity (Wildman–Crippen MR) is 90.9 cm³/mol. The summed E-state index contributed by atoms with van der Waals surface area (Å²) >= 11 is 0. The van der Waals surface area contributed by atoms with Crippen molar-refractivity contribution >= 4 is 17.9 Å². The van der Waals surface area contributed by atoms with Crippen molar-refractivity contribution in [1.82, 2.24) is 0 Å². The van der Waals surface area contributed by atoms with E-state index in [1.165, 1.54) is 26.4 Å². The number of carbonyl (C=O) groups is 3. The highest BCUT2D eigenvalue weighted by molar-refractivity contribution is 5.87. The molecule has 0 aromatic heterocycles. The minimum absolute atomic E-state index is 0.0948. The van der Waals surface area contributed by atoms with Crippen LogP contribution in [0.15, 0.2) is 12.2 Å². The number of hydrogen-bond donors (Lipinski definition) is 0. The minimum Gasteiger partial charge on any atom is -0.469 e. The lowest BCUT2D eigenvalue weighted by atomic mass is 9.50. The molecule has 3 saturated carbocycles. The Kier molecular flexibility index (Phi) is 5.58. The summed E-state index contributed by atoms with van der Waals surface area (Å²) in [6.07, 6.45) is 3.63. The Morgan fingerprint density at radius 2 is 2.04 bits per heavy atom. The van der Waals surface area contributed by atoms with Gasteiger partial charge in [-0.05, 0) is 24.8 Å². The van der Waals surface area contributed by atoms with E-state index in [9.17, 15) is 14.4 Å². The van der Waals surface area contributed by atoms with Gasteiger partial charge in [-0.15, -0.1) is 0 Å². The van der Waals surface area contributed by atoms with Crippen molar-refractivity contribution in [2.24, 2.45) is 29.6 Å². The van der Waals surface area contributed by atoms with Crippen LogP contribution in [0, 0.1) is 29.6 Å². The van der Waals surface area contributed by atoms with Crippen LogP contribution in [0.3, 0.4) is 0 Å². The maximum Gasteiger partial charge on any atom is 0.331 e. The fraction of sp³-hybridized carbons (Fsp3) is 0.737. The maximum absolute atomic E-state index is 12.5. The van der Waals surface area contributed by atoms with E-state index >= 15 is 0 Å². The van der Waals surface area contributed by atoms with Gasteiger partial charge in [-0.3, -0.25) is 9.59 Å². The highest BCUT2D eigenvalue weighted by atomic mass is 17.2. The van der Waals surface area contributed by atoms with Crippen LogP contribution >= 0.6 is 0 Å². The van der Waals surface area contributed by atoms with E-state index in [4.69, 9.17) is 19.1 Å². The zero-order valence-corrected chi connectivity index (χ0v) is 16.0. The van der Waals surface area contributed by atoms with Crippen molar-refractivity contribution < 1.29 is 38.4 Å². The van der Waals surface area contributed by atoms with Crippen LogP contribution in [0.4, 0.5) is 0 Å². The van der Waals surface area contributed by atoms with Crippen LogP contribution in [0.2, 0.25) is 0 Å². The summed E-state index contributed by atoms with van der Waals surface area (Å²) in [5.41, 5.74) is -1.06. The highest BCUT2D eigenvalue weighted by Crippen LogP contribution is 2.62. The van der Waals surface area contributed by atoms with Crippen LogP contribution in [0.5, 0.6) is 0 Å². The first-order valence-corrected chi connectivity index (χ1v) is 9.21. The third-order valence-electron chi connectivity index (χ3n) is 6.21. The van der Waals surface area contributed by atoms with E-state index in [0.29, 0.717) is 6.42 Å². The molecule has 6 unspecified atom stereocenters. The first-order chi connectivity index (χ1) is 12.9. The first-order valence-electron chi connectivity index (χ1n) is 9.21. The summed E-state index contributed by atoms with van der Waals surface area (Å²) in [4.78, 5) is 46.7. The molecule has 0 N–H and O–H groups in total. The van der Waals surface area contributed by atoms with Crippen LogP contribution in [-0.4, -0.2) is 50.4 Å². The molecular formula is C19H26O8. The van der Waals surface area contributed by atoms with Crippen LogP contribution in [0.1, 0.15) is 26.7 Å². The quantitative estimate of drug-likeness (QED) is 0.163. The van der Waals surface area contributed by atoms with E-state index < -0.39 is 41.4 Å². The molecule has 1 heterocycles. The molecule has 0 aromatic carbocycles. The lowest BCUT2D eigenvalue weighted by Gasteiger charge is -2.56. The summed E-state index contributed by atoms with van der Waals surface area (Å²) in [6, 6.07) is 0. The normalized spacial score (nSPS) is 36.9. The second-order valence-corrected chi connectivity index (χ2v) is 7.56. The summed E-state index contributed by atoms with van der Waals surface area (Å²) in [6.45, 7) is 3.93. The Bertz CT molecular complexity index is 642. The van der Waals surface area contributed by atoms with E-state index in [1.54, 1.807) is 0 Å². The molecular weight excluding hydrogens is 356 g/mol. The maximum atomic E-state index is 12.5. The Morgan fingerprint density at radius 3 is 2.67 bits per heavy atom. The van der Waals surface area contributed by atoms with Crippen molar-refractivity contribution in [1.29, 1.82) is 0 Å². The van der Waals surface area contributed by atoms with Gasteiger partial charge in [0.2, 0.25) is 0 Å². The molecule has 3 aliphatic carbocycles. The third kappa shape index (κ3) is 3.04. The summed E-state index contributed by atoms with van der Waals surface area (Å²) in [5, 5.41) is 0. The third-order valence-corrected chi connectivity index (χ3v) is 6.21. The van der Waals surface area contributed by atoms with Gasteiger partial charge < -0.3 is 14.2 Å². The molecule has 8 heteroatoms. The van der Waals surface area contributed by atoms with Crippen LogP contribution < -0.4 is 0 Å². The van der Waals surface area contributed by atoms with Gasteiger partial charge in [0.1, 0.15) is 12.7 Å². The summed E-state index contributed by atoms with van der Waals surface area (Å²) in [5.74, 6) is -3.22. The standard InChI is InChI=1S/C19H26O8/c1-10(2)19(27-13(20)6-5-9-25-24-4)12-8-7-11-14(15(12)17(21)23-3)18(22)26-16(11)19/h5-6,10-12,14-16H,7-9H2,1-4H3/b6-5-. The number of methoxy groups -OCH3 is 1. The Morgan fingerprint density at radius 1 is 1.30 bits per heavy atom. The molecule has 27 heavy (non-hydrogen) atoms. The van der Waals surface area contributed by atoms with E-state index in [-0.39, 0.29) is 24.4 Å². The Balaban J connectivity index is 1.94. The van der Waals surface area contributed by atoms with Crippen molar-refractivity contribution in [3.63, 3.8) is 0 Å². The van der Waals surface area contributed by atoms with Crippen molar-refractivity contribution in [3.05, 3.63) is 12.2 Å². The fourth-order valence-electron chi connectivity index (χ4n) is 5.26. The van der Waals surface area contributed by atoms with Crippen molar-refractivity contribution in [3.8, 4) is 0 Å². The highest BCUT2D eigenvalue weighted by Gasteiger charge is 2.73. The van der Waals surface area contributed by atoms with Gasteiger partial charge in [-0.25, -0.2) is 14.6 Å². The second kappa shape index (κ2) is 7.59. The van der Waals surface area contributed by atoms with Gasteiger partial charge in [-0.1, -0.05) is 13.8 Å². The van der Waals surface area contributed by atoms with Crippen LogP contribution in [-0.2, 0) is 38.4 Å². The number of esters is 3. The smallest absolute Gasteiger partial charge is 0.331 e. The lowest BCUT2D eigenvalue weighted by Crippen LogP contribution is -2.67. The van der Waals surface area contributed by atoms with Gasteiger partial charge in [-0.2, -0.15) is 0 Å². The molecule has 0 amide bonds. The molecule has 6 atom stereocenters. The van der Waals surface area contributed by atoms with Gasteiger partial charge in [0.15, 0.2) is 5.60 Å². The number of carbonyl (C=O) groups excluding carboxylic acids is 3. The number of rotatable bonds is 7. The molecule has 0 radical (unpaired) electrons. The predicted octanol–water partition coefficient (Wildman–Crippen LogP) is 1.43. The average Bonchev–Trinajstić information content (AvgIpc) is 2.95. The van der Waals surface area contributed by atoms with E-state index in [2.05, 4.69) is 4.89 Å². The van der Waals surface area contributed by atoms with E-state index in [0.717, 1.165) is 6.42 Å². The topological polar surface area (TPSA) is 97.4 Å². The van der Waals surface area contributed by atoms with Gasteiger partial charge >= 0.3 is 17.9 Å². The minimum atomic E-state index is -1.06. The van der Waals surface area contributed by atoms with Gasteiger partial charge in [0, 0.05) is 17.9 Å². The SMILES string of the molecule is COOC/C=C\C(=O)OC1(C(C)C)C2CCC3C(C(=O)OC31)C2C(=O)OC. The molecule has 0 spiro atoms. The Hall–Kier alpha value is -1.93. The molecule has 0 aromatic rings. The van der Waals surface area contributed by atoms with Gasteiger partial charge in [0.05, 0.1) is 26.1 Å². The van der Waals surface area contributed by atoms with Crippen molar-refractivity contribution in [2.45, 2.75) is 38.4 Å². The number of fused-ring (bicyclic) bond motifs is 1. The molecule has 4 rings (SSSR count). The summed E-state index contributed by atoms with van der Waals surface area (Å²) in [7, 11) is 2.68. The zero-order valence-electron chi connectivity index (χ0n) is 16.0. The van der Waals surface area contributed by atoms with Crippen molar-refractivity contribution in [2.75, 3.05) is 20.8 Å². The lowest BCUT2D eigenvalue weighted by molar-refractivity contribution is -0.263. The average molecular weight is 382 g/mol. The Labute approximate surface area is 158 Å². The van der Waals surface area contributed by atoms with E-state index in [1.807, 2.05) is 13.8 Å².